The van der Waals surface area contributed by atoms with Gasteiger partial charge in [0.15, 0.2) is 0 Å². The molecule has 1 nitrogen and oxygen atoms in total. The maximum absolute atomic E-state index is 3.58. The molecule has 64 valence electrons. The Labute approximate surface area is 69.6 Å². The molecule has 1 saturated heterocycles. The molecule has 2 aliphatic rings. The third-order valence-electron chi connectivity index (χ3n) is 3.48. The molecule has 0 bridgehead atoms. The van der Waals surface area contributed by atoms with Crippen molar-refractivity contribution in [2.24, 2.45) is 5.41 Å². The molecule has 1 heterocycles. The third kappa shape index (κ3) is 1.44. The molecule has 0 amide bonds. The first kappa shape index (κ1) is 7.60. The minimum atomic E-state index is 0.734. The zero-order valence-electron chi connectivity index (χ0n) is 7.53. The molecule has 1 spiro atoms. The van der Waals surface area contributed by atoms with Gasteiger partial charge in [-0.05, 0) is 31.6 Å². The predicted octanol–water partition coefficient (Wildman–Crippen LogP) is 2.32. The molecule has 0 radical (unpaired) electrons. The summed E-state index contributed by atoms with van der Waals surface area (Å²) in [5.41, 5.74) is 0.734. The van der Waals surface area contributed by atoms with E-state index >= 15 is 0 Å². The summed E-state index contributed by atoms with van der Waals surface area (Å²) < 4.78 is 0. The van der Waals surface area contributed by atoms with Crippen LogP contribution in [0.1, 0.15) is 45.4 Å². The van der Waals surface area contributed by atoms with E-state index in [-0.39, 0.29) is 0 Å². The van der Waals surface area contributed by atoms with Crippen LogP contribution in [-0.2, 0) is 0 Å². The van der Waals surface area contributed by atoms with Crippen LogP contribution in [0, 0.1) is 5.41 Å². The van der Waals surface area contributed by atoms with Gasteiger partial charge in [-0.25, -0.2) is 0 Å². The predicted molar refractivity (Wildman–Crippen MR) is 47.6 cm³/mol. The van der Waals surface area contributed by atoms with Gasteiger partial charge in [0.1, 0.15) is 0 Å². The molecule has 1 heteroatoms. The second-order valence-corrected chi connectivity index (χ2v) is 4.55. The Balaban J connectivity index is 1.98. The molecule has 1 aliphatic heterocycles. The van der Waals surface area contributed by atoms with Gasteiger partial charge in [-0.3, -0.25) is 0 Å². The smallest absolute Gasteiger partial charge is 0.00447 e. The Morgan fingerprint density at radius 3 is 2.45 bits per heavy atom. The molecule has 2 rings (SSSR count). The maximum Gasteiger partial charge on any atom is 0.00447 e. The van der Waals surface area contributed by atoms with Crippen molar-refractivity contribution in [1.82, 2.24) is 5.32 Å². The van der Waals surface area contributed by atoms with Crippen molar-refractivity contribution in [3.05, 3.63) is 0 Å². The lowest BCUT2D eigenvalue weighted by Gasteiger charge is -2.32. The minimum Gasteiger partial charge on any atom is -0.314 e. The van der Waals surface area contributed by atoms with Gasteiger partial charge < -0.3 is 5.32 Å². The average molecular weight is 153 g/mol. The fraction of sp³-hybridized carbons (Fsp3) is 1.00. The third-order valence-corrected chi connectivity index (χ3v) is 3.48. The van der Waals surface area contributed by atoms with E-state index in [1.165, 1.54) is 45.1 Å². The second-order valence-electron chi connectivity index (χ2n) is 4.55. The van der Waals surface area contributed by atoms with E-state index in [1.807, 2.05) is 0 Å². The first-order valence-electron chi connectivity index (χ1n) is 5.04. The van der Waals surface area contributed by atoms with Gasteiger partial charge in [0, 0.05) is 12.6 Å². The Hall–Kier alpha value is -0.0400. The summed E-state index contributed by atoms with van der Waals surface area (Å²) in [6.07, 6.45) is 8.86. The molecule has 0 aromatic rings. The Bertz CT molecular complexity index is 130. The molecule has 11 heavy (non-hydrogen) atoms. The molecule has 0 aromatic heterocycles. The van der Waals surface area contributed by atoms with Gasteiger partial charge >= 0.3 is 0 Å². The highest BCUT2D eigenvalue weighted by Gasteiger charge is 2.37. The lowest BCUT2D eigenvalue weighted by molar-refractivity contribution is 0.212. The maximum atomic E-state index is 3.58. The summed E-state index contributed by atoms with van der Waals surface area (Å²) in [5, 5.41) is 3.58. The topological polar surface area (TPSA) is 12.0 Å². The van der Waals surface area contributed by atoms with Gasteiger partial charge in [0.2, 0.25) is 0 Å². The number of rotatable bonds is 0. The number of hydrogen-bond acceptors (Lipinski definition) is 1. The normalized spacial score (nSPS) is 36.3. The van der Waals surface area contributed by atoms with Gasteiger partial charge in [-0.2, -0.15) is 0 Å². The van der Waals surface area contributed by atoms with Crippen LogP contribution in [-0.4, -0.2) is 12.6 Å². The summed E-state index contributed by atoms with van der Waals surface area (Å²) >= 11 is 0. The van der Waals surface area contributed by atoms with Gasteiger partial charge in [0.05, 0.1) is 0 Å². The van der Waals surface area contributed by atoms with Gasteiger partial charge in [-0.1, -0.05) is 19.3 Å². The number of hydrogen-bond donors (Lipinski definition) is 1. The van der Waals surface area contributed by atoms with Crippen molar-refractivity contribution in [3.8, 4) is 0 Å². The van der Waals surface area contributed by atoms with Crippen molar-refractivity contribution in [1.29, 1.82) is 0 Å². The number of nitrogens with one attached hydrogen (secondary N) is 1. The molecule has 1 N–H and O–H groups in total. The minimum absolute atomic E-state index is 0.734. The lowest BCUT2D eigenvalue weighted by Crippen LogP contribution is -2.26. The van der Waals surface area contributed by atoms with Crippen LogP contribution in [0.2, 0.25) is 0 Å². The summed E-state index contributed by atoms with van der Waals surface area (Å²) in [6.45, 7) is 3.62. The molecular formula is C10H19N. The summed E-state index contributed by atoms with van der Waals surface area (Å²) in [7, 11) is 0. The zero-order valence-corrected chi connectivity index (χ0v) is 7.53. The lowest BCUT2D eigenvalue weighted by atomic mass is 9.73. The molecule has 1 saturated carbocycles. The standard InChI is InChI=1S/C10H19N/c1-9-7-10(8-11-9)5-3-2-4-6-10/h9,11H,2-8H2,1H3/t9-/m1/s1. The Morgan fingerprint density at radius 2 is 1.91 bits per heavy atom. The first-order chi connectivity index (χ1) is 5.31. The molecule has 1 aliphatic carbocycles. The highest BCUT2D eigenvalue weighted by Crippen LogP contribution is 2.42. The van der Waals surface area contributed by atoms with Crippen LogP contribution in [0.25, 0.3) is 0 Å². The first-order valence-corrected chi connectivity index (χ1v) is 5.04. The zero-order chi connectivity index (χ0) is 7.73. The molecule has 0 unspecified atom stereocenters. The summed E-state index contributed by atoms with van der Waals surface area (Å²) in [6, 6.07) is 0.785. The molecule has 2 fully saturated rings. The highest BCUT2D eigenvalue weighted by molar-refractivity contribution is 4.93. The fourth-order valence-corrected chi connectivity index (χ4v) is 2.87. The van der Waals surface area contributed by atoms with E-state index in [9.17, 15) is 0 Å². The van der Waals surface area contributed by atoms with Crippen molar-refractivity contribution >= 4 is 0 Å². The summed E-state index contributed by atoms with van der Waals surface area (Å²) in [5.74, 6) is 0. The largest absolute Gasteiger partial charge is 0.314 e. The molecule has 1 atom stereocenters. The van der Waals surface area contributed by atoms with Crippen LogP contribution in [0.4, 0.5) is 0 Å². The monoisotopic (exact) mass is 153 g/mol. The van der Waals surface area contributed by atoms with E-state index in [0.29, 0.717) is 0 Å². The van der Waals surface area contributed by atoms with Crippen molar-refractivity contribution in [3.63, 3.8) is 0 Å². The summed E-state index contributed by atoms with van der Waals surface area (Å²) in [4.78, 5) is 0. The van der Waals surface area contributed by atoms with Crippen LogP contribution in [0.3, 0.4) is 0 Å². The van der Waals surface area contributed by atoms with Crippen LogP contribution in [0.15, 0.2) is 0 Å². The molecular weight excluding hydrogens is 134 g/mol. The van der Waals surface area contributed by atoms with Crippen LogP contribution >= 0.6 is 0 Å². The van der Waals surface area contributed by atoms with Gasteiger partial charge in [-0.15, -0.1) is 0 Å². The van der Waals surface area contributed by atoms with Crippen molar-refractivity contribution in [2.45, 2.75) is 51.5 Å². The molecule has 0 aromatic carbocycles. The Kier molecular flexibility index (Phi) is 1.92. The fourth-order valence-electron chi connectivity index (χ4n) is 2.87. The van der Waals surface area contributed by atoms with Crippen molar-refractivity contribution < 1.29 is 0 Å². The Morgan fingerprint density at radius 1 is 1.18 bits per heavy atom. The quantitative estimate of drug-likeness (QED) is 0.563. The van der Waals surface area contributed by atoms with E-state index in [4.69, 9.17) is 0 Å². The van der Waals surface area contributed by atoms with E-state index in [2.05, 4.69) is 12.2 Å². The SMILES string of the molecule is C[C@@H]1CC2(CCCCC2)CN1. The average Bonchev–Trinajstić information content (AvgIpc) is 2.34. The van der Waals surface area contributed by atoms with Crippen LogP contribution < -0.4 is 5.32 Å². The second kappa shape index (κ2) is 2.78. The van der Waals surface area contributed by atoms with E-state index in [0.717, 1.165) is 11.5 Å². The van der Waals surface area contributed by atoms with E-state index < -0.39 is 0 Å². The van der Waals surface area contributed by atoms with Crippen molar-refractivity contribution in [2.75, 3.05) is 6.54 Å². The van der Waals surface area contributed by atoms with E-state index in [1.54, 1.807) is 0 Å². The highest BCUT2D eigenvalue weighted by atomic mass is 15.0. The van der Waals surface area contributed by atoms with Gasteiger partial charge in [0.25, 0.3) is 0 Å². The van der Waals surface area contributed by atoms with Crippen LogP contribution in [0.5, 0.6) is 0 Å².